The van der Waals surface area contributed by atoms with Gasteiger partial charge in [-0.1, -0.05) is 6.42 Å². The average molecular weight is 362 g/mol. The van der Waals surface area contributed by atoms with Crippen LogP contribution in [0.1, 0.15) is 44.7 Å². The van der Waals surface area contributed by atoms with E-state index in [9.17, 15) is 9.59 Å². The molecule has 1 saturated heterocycles. The van der Waals surface area contributed by atoms with Crippen molar-refractivity contribution < 1.29 is 9.59 Å². The number of nitrogens with zero attached hydrogens (tertiary/aromatic N) is 2. The maximum absolute atomic E-state index is 12.4. The zero-order valence-electron chi connectivity index (χ0n) is 14.7. The molecule has 2 bridgehead atoms. The Labute approximate surface area is 152 Å². The summed E-state index contributed by atoms with van der Waals surface area (Å²) >= 11 is 1.43. The summed E-state index contributed by atoms with van der Waals surface area (Å²) in [4.78, 5) is 30.4. The maximum atomic E-state index is 12.4. The van der Waals surface area contributed by atoms with E-state index in [1.165, 1.54) is 37.0 Å². The van der Waals surface area contributed by atoms with Gasteiger partial charge in [-0.15, -0.1) is 11.3 Å². The number of nitrogens with one attached hydrogen (secondary N) is 2. The minimum absolute atomic E-state index is 0.0372. The zero-order valence-corrected chi connectivity index (χ0v) is 15.5. The quantitative estimate of drug-likeness (QED) is 0.845. The highest BCUT2D eigenvalue weighted by Gasteiger charge is 2.42. The van der Waals surface area contributed by atoms with Crippen LogP contribution in [-0.4, -0.2) is 36.1 Å². The number of thiazole rings is 1. The van der Waals surface area contributed by atoms with Crippen molar-refractivity contribution in [3.05, 3.63) is 11.1 Å². The summed E-state index contributed by atoms with van der Waals surface area (Å²) in [5.41, 5.74) is 0.746. The highest BCUT2D eigenvalue weighted by atomic mass is 32.1. The molecule has 2 N–H and O–H groups in total. The Morgan fingerprint density at radius 3 is 3.08 bits per heavy atom. The largest absolute Gasteiger partial charge is 0.353 e. The number of hydrogen-bond donors (Lipinski definition) is 2. The molecule has 7 heteroatoms. The predicted molar refractivity (Wildman–Crippen MR) is 97.7 cm³/mol. The summed E-state index contributed by atoms with van der Waals surface area (Å²) in [6.45, 7) is 3.55. The van der Waals surface area contributed by atoms with E-state index in [2.05, 4.69) is 22.5 Å². The first-order valence-electron chi connectivity index (χ1n) is 9.39. The third-order valence-electron chi connectivity index (χ3n) is 6.02. The third-order valence-corrected chi connectivity index (χ3v) is 6.93. The fraction of sp³-hybridized carbons (Fsp3) is 0.722. The van der Waals surface area contributed by atoms with E-state index in [1.54, 1.807) is 4.90 Å². The van der Waals surface area contributed by atoms with Crippen LogP contribution in [0.3, 0.4) is 0 Å². The van der Waals surface area contributed by atoms with Crippen molar-refractivity contribution in [2.45, 2.75) is 51.5 Å². The van der Waals surface area contributed by atoms with Gasteiger partial charge >= 0.3 is 6.03 Å². The Hall–Kier alpha value is -1.63. The molecule has 2 saturated carbocycles. The third kappa shape index (κ3) is 3.52. The summed E-state index contributed by atoms with van der Waals surface area (Å²) in [5.74, 6) is 2.39. The van der Waals surface area contributed by atoms with E-state index in [0.29, 0.717) is 17.6 Å². The van der Waals surface area contributed by atoms with Crippen molar-refractivity contribution in [3.8, 4) is 0 Å². The van der Waals surface area contributed by atoms with Crippen LogP contribution in [0, 0.1) is 17.8 Å². The van der Waals surface area contributed by atoms with Gasteiger partial charge in [0, 0.05) is 24.5 Å². The molecule has 4 rings (SSSR count). The molecule has 3 aliphatic rings. The van der Waals surface area contributed by atoms with E-state index in [1.807, 2.05) is 5.38 Å². The number of carbonyl (C=O) groups excluding carboxylic acids is 2. The lowest BCUT2D eigenvalue weighted by Crippen LogP contribution is -2.46. The summed E-state index contributed by atoms with van der Waals surface area (Å²) in [6, 6.07) is 0.148. The summed E-state index contributed by atoms with van der Waals surface area (Å²) in [5, 5.41) is 8.58. The second kappa shape index (κ2) is 6.94. The molecule has 25 heavy (non-hydrogen) atoms. The molecule has 1 aromatic rings. The number of amides is 3. The molecule has 3 amide bonds. The Morgan fingerprint density at radius 2 is 2.36 bits per heavy atom. The highest BCUT2D eigenvalue weighted by Crippen LogP contribution is 2.49. The average Bonchev–Trinajstić information content (AvgIpc) is 3.31. The van der Waals surface area contributed by atoms with Crippen LogP contribution in [0.25, 0.3) is 0 Å². The number of carbonyl (C=O) groups is 2. The Bertz CT molecular complexity index is 661. The molecule has 1 aromatic heterocycles. The molecule has 1 aliphatic heterocycles. The molecule has 2 heterocycles. The van der Waals surface area contributed by atoms with Crippen LogP contribution < -0.4 is 15.5 Å². The highest BCUT2D eigenvalue weighted by molar-refractivity contribution is 7.14. The van der Waals surface area contributed by atoms with E-state index >= 15 is 0 Å². The SMILES string of the molecule is C[C@@H](NC(=O)Cc1csc(N2CCCNC2=O)n1)[C@H]1C[C@H]2CC[C@H]1C2. The van der Waals surface area contributed by atoms with Gasteiger partial charge in [0.1, 0.15) is 0 Å². The lowest BCUT2D eigenvalue weighted by molar-refractivity contribution is -0.121. The molecule has 0 spiro atoms. The van der Waals surface area contributed by atoms with Gasteiger partial charge in [-0.25, -0.2) is 9.78 Å². The maximum Gasteiger partial charge on any atom is 0.323 e. The fourth-order valence-electron chi connectivity index (χ4n) is 4.80. The van der Waals surface area contributed by atoms with Gasteiger partial charge in [0.15, 0.2) is 5.13 Å². The van der Waals surface area contributed by atoms with Crippen molar-refractivity contribution in [2.75, 3.05) is 18.0 Å². The van der Waals surface area contributed by atoms with Crippen molar-refractivity contribution >= 4 is 28.4 Å². The molecule has 4 atom stereocenters. The number of fused-ring (bicyclic) bond motifs is 2. The number of aromatic nitrogens is 1. The minimum atomic E-state index is -0.0958. The van der Waals surface area contributed by atoms with Gasteiger partial charge in [0.25, 0.3) is 0 Å². The van der Waals surface area contributed by atoms with Crippen molar-refractivity contribution in [1.29, 1.82) is 0 Å². The van der Waals surface area contributed by atoms with Gasteiger partial charge in [-0.3, -0.25) is 9.69 Å². The summed E-state index contributed by atoms with van der Waals surface area (Å²) in [7, 11) is 0. The van der Waals surface area contributed by atoms with E-state index in [-0.39, 0.29) is 24.4 Å². The molecule has 2 aliphatic carbocycles. The summed E-state index contributed by atoms with van der Waals surface area (Å²) < 4.78 is 0. The number of rotatable bonds is 5. The standard InChI is InChI=1S/C18H26N4O2S/c1-11(15-8-12-3-4-13(15)7-12)20-16(23)9-14-10-25-18(21-14)22-6-2-5-19-17(22)24/h10-13,15H,2-9H2,1H3,(H,19,24)(H,20,23)/t11-,12+,13+,15-/m1/s1. The van der Waals surface area contributed by atoms with Crippen molar-refractivity contribution in [3.63, 3.8) is 0 Å². The van der Waals surface area contributed by atoms with Gasteiger partial charge in [-0.05, 0) is 50.4 Å². The van der Waals surface area contributed by atoms with Crippen LogP contribution in [0.15, 0.2) is 5.38 Å². The minimum Gasteiger partial charge on any atom is -0.353 e. The molecular weight excluding hydrogens is 336 g/mol. The lowest BCUT2D eigenvalue weighted by Gasteiger charge is -2.28. The topological polar surface area (TPSA) is 74.3 Å². The molecule has 0 aromatic carbocycles. The Balaban J connectivity index is 1.31. The zero-order chi connectivity index (χ0) is 17.4. The summed E-state index contributed by atoms with van der Waals surface area (Å²) in [6.07, 6.45) is 6.56. The van der Waals surface area contributed by atoms with Gasteiger partial charge < -0.3 is 10.6 Å². The fourth-order valence-corrected chi connectivity index (χ4v) is 5.65. The van der Waals surface area contributed by atoms with Crippen LogP contribution in [0.5, 0.6) is 0 Å². The smallest absolute Gasteiger partial charge is 0.323 e. The number of anilines is 1. The van der Waals surface area contributed by atoms with Crippen LogP contribution in [0.2, 0.25) is 0 Å². The predicted octanol–water partition coefficient (Wildman–Crippen LogP) is 2.55. The second-order valence-electron chi connectivity index (χ2n) is 7.73. The van der Waals surface area contributed by atoms with Crippen LogP contribution in [-0.2, 0) is 11.2 Å². The Morgan fingerprint density at radius 1 is 1.48 bits per heavy atom. The van der Waals surface area contributed by atoms with Crippen molar-refractivity contribution in [2.24, 2.45) is 17.8 Å². The Kier molecular flexibility index (Phi) is 4.67. The number of urea groups is 1. The normalized spacial score (nSPS) is 29.6. The molecule has 3 fully saturated rings. The van der Waals surface area contributed by atoms with E-state index < -0.39 is 0 Å². The van der Waals surface area contributed by atoms with Gasteiger partial charge in [-0.2, -0.15) is 0 Å². The van der Waals surface area contributed by atoms with E-state index in [4.69, 9.17) is 0 Å². The molecular formula is C18H26N4O2S. The molecule has 0 unspecified atom stereocenters. The van der Waals surface area contributed by atoms with E-state index in [0.717, 1.165) is 30.5 Å². The first-order valence-corrected chi connectivity index (χ1v) is 10.3. The first kappa shape index (κ1) is 16.8. The number of hydrogen-bond acceptors (Lipinski definition) is 4. The monoisotopic (exact) mass is 362 g/mol. The molecule has 6 nitrogen and oxygen atoms in total. The van der Waals surface area contributed by atoms with Crippen LogP contribution in [0.4, 0.5) is 9.93 Å². The van der Waals surface area contributed by atoms with Gasteiger partial charge in [0.05, 0.1) is 12.1 Å². The second-order valence-corrected chi connectivity index (χ2v) is 8.57. The first-order chi connectivity index (χ1) is 12.1. The van der Waals surface area contributed by atoms with Gasteiger partial charge in [0.2, 0.25) is 5.91 Å². The van der Waals surface area contributed by atoms with Crippen molar-refractivity contribution in [1.82, 2.24) is 15.6 Å². The lowest BCUT2D eigenvalue weighted by atomic mass is 9.84. The molecule has 136 valence electrons. The van der Waals surface area contributed by atoms with Crippen LogP contribution >= 0.6 is 11.3 Å². The molecule has 0 radical (unpaired) electrons.